The van der Waals surface area contributed by atoms with Crippen LogP contribution in [0.4, 0.5) is 11.4 Å². The van der Waals surface area contributed by atoms with Crippen LogP contribution < -0.4 is 15.6 Å². The van der Waals surface area contributed by atoms with Gasteiger partial charge in [-0.2, -0.15) is 0 Å². The van der Waals surface area contributed by atoms with Crippen molar-refractivity contribution in [2.24, 2.45) is 7.05 Å². The van der Waals surface area contributed by atoms with E-state index in [1.54, 1.807) is 42.9 Å². The van der Waals surface area contributed by atoms with Gasteiger partial charge in [0.05, 0.1) is 16.3 Å². The number of carbonyl (C=O) groups is 1. The molecule has 180 valence electrons. The molecule has 0 fully saturated rings. The molecule has 1 aromatic heterocycles. The predicted octanol–water partition coefficient (Wildman–Crippen LogP) is 4.15. The van der Waals surface area contributed by atoms with Gasteiger partial charge in [0.15, 0.2) is 0 Å². The number of amides is 1. The van der Waals surface area contributed by atoms with Crippen molar-refractivity contribution in [3.8, 4) is 5.69 Å². The van der Waals surface area contributed by atoms with Gasteiger partial charge >= 0.3 is 0 Å². The average molecular weight is 491 g/mol. The monoisotopic (exact) mass is 490 g/mol. The molecular formula is C26H26N4O4S. The van der Waals surface area contributed by atoms with Crippen molar-refractivity contribution >= 4 is 27.3 Å². The van der Waals surface area contributed by atoms with Crippen molar-refractivity contribution in [1.29, 1.82) is 0 Å². The molecule has 1 heterocycles. The van der Waals surface area contributed by atoms with Crippen molar-refractivity contribution in [3.63, 3.8) is 0 Å². The molecule has 0 saturated carbocycles. The van der Waals surface area contributed by atoms with Crippen molar-refractivity contribution < 1.29 is 13.2 Å². The van der Waals surface area contributed by atoms with Gasteiger partial charge in [-0.05, 0) is 74.4 Å². The summed E-state index contributed by atoms with van der Waals surface area (Å²) in [6.07, 6.45) is 0. The highest BCUT2D eigenvalue weighted by Gasteiger charge is 2.23. The van der Waals surface area contributed by atoms with E-state index in [1.165, 1.54) is 28.9 Å². The minimum atomic E-state index is -4.07. The molecule has 0 aliphatic carbocycles. The number of sulfonamides is 1. The molecule has 0 spiro atoms. The van der Waals surface area contributed by atoms with Crippen molar-refractivity contribution in [1.82, 2.24) is 9.36 Å². The van der Waals surface area contributed by atoms with Gasteiger partial charge in [-0.3, -0.25) is 19.0 Å². The predicted molar refractivity (Wildman–Crippen MR) is 137 cm³/mol. The van der Waals surface area contributed by atoms with Gasteiger partial charge in [-0.25, -0.2) is 13.1 Å². The van der Waals surface area contributed by atoms with Gasteiger partial charge in [0.2, 0.25) is 0 Å². The second-order valence-electron chi connectivity index (χ2n) is 8.27. The normalized spacial score (nSPS) is 11.3. The highest BCUT2D eigenvalue weighted by atomic mass is 32.2. The minimum absolute atomic E-state index is 0.0342. The van der Waals surface area contributed by atoms with E-state index in [-0.39, 0.29) is 16.5 Å². The molecule has 0 radical (unpaired) electrons. The van der Waals surface area contributed by atoms with Crippen LogP contribution >= 0.6 is 0 Å². The van der Waals surface area contributed by atoms with E-state index >= 15 is 0 Å². The fraction of sp³-hybridized carbons (Fsp3) is 0.154. The molecule has 2 N–H and O–H groups in total. The first kappa shape index (κ1) is 24.0. The number of rotatable bonds is 6. The average Bonchev–Trinajstić information content (AvgIpc) is 3.05. The molecule has 0 bridgehead atoms. The number of aromatic nitrogens is 2. The molecule has 0 unspecified atom stereocenters. The summed E-state index contributed by atoms with van der Waals surface area (Å²) in [5.74, 6) is -0.347. The zero-order valence-corrected chi connectivity index (χ0v) is 20.7. The third kappa shape index (κ3) is 4.63. The number of nitrogens with zero attached hydrogens (tertiary/aromatic N) is 2. The Hall–Kier alpha value is -4.11. The standard InChI is InChI=1S/C26H26N4O4S/c1-17-9-8-12-23(18(17)2)27-25(31)20-13-15-22(16-14-20)35(33,34)28-24-19(3)29(4)30(26(24)32)21-10-6-5-7-11-21/h5-16,28H,1-4H3,(H,27,31). The van der Waals surface area contributed by atoms with Gasteiger partial charge in [0.25, 0.3) is 21.5 Å². The van der Waals surface area contributed by atoms with Crippen LogP contribution in [0.2, 0.25) is 0 Å². The molecule has 4 rings (SSSR count). The Morgan fingerprint density at radius 3 is 2.17 bits per heavy atom. The quantitative estimate of drug-likeness (QED) is 0.424. The molecule has 4 aromatic rings. The Morgan fingerprint density at radius 2 is 1.51 bits per heavy atom. The summed E-state index contributed by atoms with van der Waals surface area (Å²) in [6.45, 7) is 5.55. The Bertz CT molecular complexity index is 1570. The summed E-state index contributed by atoms with van der Waals surface area (Å²) in [5, 5.41) is 2.85. The van der Waals surface area contributed by atoms with E-state index in [0.29, 0.717) is 22.6 Å². The lowest BCUT2D eigenvalue weighted by Crippen LogP contribution is -2.23. The Labute approximate surface area is 203 Å². The van der Waals surface area contributed by atoms with Crippen LogP contribution in [-0.4, -0.2) is 23.7 Å². The molecule has 9 heteroatoms. The van der Waals surface area contributed by atoms with Gasteiger partial charge in [0, 0.05) is 18.3 Å². The largest absolute Gasteiger partial charge is 0.322 e. The smallest absolute Gasteiger partial charge is 0.296 e. The first-order chi connectivity index (χ1) is 16.6. The van der Waals surface area contributed by atoms with E-state index in [1.807, 2.05) is 38.1 Å². The molecule has 3 aromatic carbocycles. The Kier molecular flexibility index (Phi) is 6.36. The Morgan fingerprint density at radius 1 is 0.857 bits per heavy atom. The number of hydrogen-bond donors (Lipinski definition) is 2. The lowest BCUT2D eigenvalue weighted by molar-refractivity contribution is 0.102. The van der Waals surface area contributed by atoms with Gasteiger partial charge < -0.3 is 5.32 Å². The number of carbonyl (C=O) groups excluding carboxylic acids is 1. The summed E-state index contributed by atoms with van der Waals surface area (Å²) in [4.78, 5) is 25.7. The first-order valence-corrected chi connectivity index (χ1v) is 12.4. The highest BCUT2D eigenvalue weighted by molar-refractivity contribution is 7.92. The molecule has 0 aliphatic rings. The summed E-state index contributed by atoms with van der Waals surface area (Å²) in [5.41, 5.74) is 3.59. The topological polar surface area (TPSA) is 102 Å². The summed E-state index contributed by atoms with van der Waals surface area (Å²) in [6, 6.07) is 20.2. The number of aryl methyl sites for hydroxylation is 1. The lowest BCUT2D eigenvalue weighted by atomic mass is 10.1. The van der Waals surface area contributed by atoms with Crippen LogP contribution in [-0.2, 0) is 17.1 Å². The third-order valence-electron chi connectivity index (χ3n) is 6.07. The molecule has 0 atom stereocenters. The van der Waals surface area contributed by atoms with E-state index in [0.717, 1.165) is 11.1 Å². The number of hydrogen-bond acceptors (Lipinski definition) is 4. The molecule has 0 aliphatic heterocycles. The van der Waals surface area contributed by atoms with Gasteiger partial charge in [-0.15, -0.1) is 0 Å². The SMILES string of the molecule is Cc1cccc(NC(=O)c2ccc(S(=O)(=O)Nc3c(C)n(C)n(-c4ccccc4)c3=O)cc2)c1C. The molecule has 1 amide bonds. The fourth-order valence-electron chi connectivity index (χ4n) is 3.75. The third-order valence-corrected chi connectivity index (χ3v) is 7.44. The zero-order chi connectivity index (χ0) is 25.3. The van der Waals surface area contributed by atoms with Gasteiger partial charge in [0.1, 0.15) is 5.69 Å². The second kappa shape index (κ2) is 9.27. The minimum Gasteiger partial charge on any atom is -0.322 e. The maximum absolute atomic E-state index is 13.1. The van der Waals surface area contributed by atoms with E-state index in [2.05, 4.69) is 10.0 Å². The number of benzene rings is 3. The van der Waals surface area contributed by atoms with E-state index in [4.69, 9.17) is 0 Å². The summed E-state index contributed by atoms with van der Waals surface area (Å²) in [7, 11) is -2.38. The van der Waals surface area contributed by atoms with Crippen molar-refractivity contribution in [2.75, 3.05) is 10.0 Å². The number of nitrogens with one attached hydrogen (secondary N) is 2. The van der Waals surface area contributed by atoms with Crippen LogP contribution in [0.3, 0.4) is 0 Å². The van der Waals surface area contributed by atoms with Crippen LogP contribution in [0.5, 0.6) is 0 Å². The molecule has 0 saturated heterocycles. The maximum atomic E-state index is 13.1. The molecular weight excluding hydrogens is 464 g/mol. The molecule has 35 heavy (non-hydrogen) atoms. The second-order valence-corrected chi connectivity index (χ2v) is 9.95. The highest BCUT2D eigenvalue weighted by Crippen LogP contribution is 2.21. The van der Waals surface area contributed by atoms with Gasteiger partial charge in [-0.1, -0.05) is 30.3 Å². The van der Waals surface area contributed by atoms with Crippen LogP contribution in [0.25, 0.3) is 5.69 Å². The summed E-state index contributed by atoms with van der Waals surface area (Å²) < 4.78 is 31.5. The first-order valence-electron chi connectivity index (χ1n) is 10.9. The fourth-order valence-corrected chi connectivity index (χ4v) is 4.86. The zero-order valence-electron chi connectivity index (χ0n) is 19.9. The Balaban J connectivity index is 1.58. The van der Waals surface area contributed by atoms with Crippen LogP contribution in [0.1, 0.15) is 27.2 Å². The molecule has 8 nitrogen and oxygen atoms in total. The maximum Gasteiger partial charge on any atom is 0.296 e. The van der Waals surface area contributed by atoms with Crippen molar-refractivity contribution in [3.05, 3.63) is 106 Å². The van der Waals surface area contributed by atoms with E-state index < -0.39 is 15.6 Å². The number of anilines is 2. The van der Waals surface area contributed by atoms with Crippen molar-refractivity contribution in [2.45, 2.75) is 25.7 Å². The van der Waals surface area contributed by atoms with Crippen LogP contribution in [0, 0.1) is 20.8 Å². The van der Waals surface area contributed by atoms with E-state index in [9.17, 15) is 18.0 Å². The number of para-hydroxylation sites is 1. The lowest BCUT2D eigenvalue weighted by Gasteiger charge is -2.11. The van der Waals surface area contributed by atoms with Crippen LogP contribution in [0.15, 0.2) is 82.5 Å². The summed E-state index contributed by atoms with van der Waals surface area (Å²) >= 11 is 0.